The first-order valence-electron chi connectivity index (χ1n) is 7.72. The smallest absolute Gasteiger partial charge is 0.101 e. The number of nitrogens with zero attached hydrogens (tertiary/aromatic N) is 4. The van der Waals surface area contributed by atoms with Gasteiger partial charge in [0.15, 0.2) is 0 Å². The van der Waals surface area contributed by atoms with Crippen LogP contribution in [0.25, 0.3) is 0 Å². The molecule has 118 valence electrons. The molecule has 1 atom stereocenters. The van der Waals surface area contributed by atoms with E-state index >= 15 is 0 Å². The molecule has 0 unspecified atom stereocenters. The zero-order valence-corrected chi connectivity index (χ0v) is 13.9. The van der Waals surface area contributed by atoms with Gasteiger partial charge in [0.05, 0.1) is 22.8 Å². The topological polar surface area (TPSA) is 43.2 Å². The molecule has 1 aromatic heterocycles. The quantitative estimate of drug-likeness (QED) is 0.864. The first-order valence-corrected chi connectivity index (χ1v) is 8.10. The van der Waals surface area contributed by atoms with Crippen molar-refractivity contribution in [2.24, 2.45) is 0 Å². The van der Waals surface area contributed by atoms with E-state index < -0.39 is 0 Å². The van der Waals surface area contributed by atoms with E-state index in [1.807, 2.05) is 36.5 Å². The summed E-state index contributed by atoms with van der Waals surface area (Å²) in [6.07, 6.45) is 2.93. The Kier molecular flexibility index (Phi) is 4.80. The maximum absolute atomic E-state index is 9.06. The Morgan fingerprint density at radius 2 is 2.26 bits per heavy atom. The summed E-state index contributed by atoms with van der Waals surface area (Å²) in [5.74, 6) is 0. The van der Waals surface area contributed by atoms with E-state index in [-0.39, 0.29) is 0 Å². The molecular formula is C18H19ClN4. The first kappa shape index (κ1) is 15.8. The van der Waals surface area contributed by atoms with Crippen LogP contribution in [0.1, 0.15) is 17.7 Å². The molecule has 2 heterocycles. The number of aromatic nitrogens is 1. The Balaban J connectivity index is 1.91. The molecule has 2 aromatic rings. The van der Waals surface area contributed by atoms with Gasteiger partial charge in [0.1, 0.15) is 6.07 Å². The summed E-state index contributed by atoms with van der Waals surface area (Å²) in [5, 5.41) is 9.57. The van der Waals surface area contributed by atoms with Gasteiger partial charge in [-0.2, -0.15) is 5.26 Å². The van der Waals surface area contributed by atoms with Crippen molar-refractivity contribution in [2.45, 2.75) is 19.0 Å². The molecule has 1 aliphatic rings. The molecule has 1 aromatic carbocycles. The average Bonchev–Trinajstić information content (AvgIpc) is 3.00. The molecule has 0 bridgehead atoms. The fourth-order valence-electron chi connectivity index (χ4n) is 3.04. The Morgan fingerprint density at radius 1 is 1.39 bits per heavy atom. The lowest BCUT2D eigenvalue weighted by molar-refractivity contribution is 0.407. The van der Waals surface area contributed by atoms with Crippen LogP contribution in [0, 0.1) is 11.3 Å². The minimum atomic E-state index is 0.422. The number of likely N-dealkylation sites (tertiary alicyclic amines) is 1. The predicted octanol–water partition coefficient (Wildman–Crippen LogP) is 3.32. The van der Waals surface area contributed by atoms with E-state index in [0.717, 1.165) is 37.4 Å². The van der Waals surface area contributed by atoms with Crippen LogP contribution < -0.4 is 4.90 Å². The lowest BCUT2D eigenvalue weighted by atomic mass is 10.1. The Hall–Kier alpha value is -2.09. The third-order valence-corrected chi connectivity index (χ3v) is 4.58. The van der Waals surface area contributed by atoms with Crippen molar-refractivity contribution in [3.8, 4) is 6.07 Å². The number of anilines is 1. The molecule has 0 N–H and O–H groups in total. The Bertz CT molecular complexity index is 711. The number of hydrogen-bond donors (Lipinski definition) is 0. The molecule has 0 aliphatic carbocycles. The Morgan fingerprint density at radius 3 is 2.87 bits per heavy atom. The van der Waals surface area contributed by atoms with Gasteiger partial charge in [-0.25, -0.2) is 0 Å². The number of benzene rings is 1. The van der Waals surface area contributed by atoms with Crippen molar-refractivity contribution in [3.63, 3.8) is 0 Å². The molecule has 23 heavy (non-hydrogen) atoms. The summed E-state index contributed by atoms with van der Waals surface area (Å²) in [6.45, 7) is 2.85. The second-order valence-electron chi connectivity index (χ2n) is 5.93. The van der Waals surface area contributed by atoms with Gasteiger partial charge in [-0.3, -0.25) is 4.98 Å². The Labute approximate surface area is 141 Å². The normalized spacial score (nSPS) is 17.9. The van der Waals surface area contributed by atoms with Gasteiger partial charge in [0.25, 0.3) is 0 Å². The van der Waals surface area contributed by atoms with E-state index in [2.05, 4.69) is 27.9 Å². The molecule has 4 nitrogen and oxygen atoms in total. The molecule has 1 saturated heterocycles. The van der Waals surface area contributed by atoms with Crippen molar-refractivity contribution >= 4 is 17.3 Å². The summed E-state index contributed by atoms with van der Waals surface area (Å²) in [4.78, 5) is 9.13. The standard InChI is InChI=1S/C18H19ClN4/c1-22-9-7-17(13-22)23(12-15-4-2-3-8-21-15)16-6-5-14(11-20)18(19)10-16/h2-6,8,10,17H,7,9,12-13H2,1H3/t17-/m0/s1. The van der Waals surface area contributed by atoms with Crippen LogP contribution in [0.5, 0.6) is 0 Å². The molecule has 1 aliphatic heterocycles. The number of likely N-dealkylation sites (N-methyl/N-ethyl adjacent to an activating group) is 1. The highest BCUT2D eigenvalue weighted by Gasteiger charge is 2.26. The molecular weight excluding hydrogens is 308 g/mol. The molecule has 0 spiro atoms. The molecule has 0 amide bonds. The highest BCUT2D eigenvalue weighted by atomic mass is 35.5. The zero-order chi connectivity index (χ0) is 16.2. The van der Waals surface area contributed by atoms with Gasteiger partial charge in [0, 0.05) is 24.5 Å². The highest BCUT2D eigenvalue weighted by molar-refractivity contribution is 6.32. The molecule has 3 rings (SSSR count). The van der Waals surface area contributed by atoms with Crippen molar-refractivity contribution in [1.29, 1.82) is 5.26 Å². The average molecular weight is 327 g/mol. The fourth-order valence-corrected chi connectivity index (χ4v) is 3.25. The second-order valence-corrected chi connectivity index (χ2v) is 6.34. The van der Waals surface area contributed by atoms with Gasteiger partial charge >= 0.3 is 0 Å². The van der Waals surface area contributed by atoms with Crippen LogP contribution in [0.3, 0.4) is 0 Å². The summed E-state index contributed by atoms with van der Waals surface area (Å²) in [6, 6.07) is 14.2. The monoisotopic (exact) mass is 326 g/mol. The number of pyridine rings is 1. The second kappa shape index (κ2) is 6.99. The zero-order valence-electron chi connectivity index (χ0n) is 13.1. The summed E-state index contributed by atoms with van der Waals surface area (Å²) >= 11 is 6.24. The SMILES string of the molecule is CN1CC[C@H](N(Cc2ccccn2)c2ccc(C#N)c(Cl)c2)C1. The molecule has 0 saturated carbocycles. The highest BCUT2D eigenvalue weighted by Crippen LogP contribution is 2.28. The number of nitriles is 1. The van der Waals surface area contributed by atoms with E-state index in [9.17, 15) is 0 Å². The van der Waals surface area contributed by atoms with Gasteiger partial charge < -0.3 is 9.80 Å². The van der Waals surface area contributed by atoms with E-state index in [1.165, 1.54) is 0 Å². The maximum atomic E-state index is 9.06. The van der Waals surface area contributed by atoms with Crippen molar-refractivity contribution < 1.29 is 0 Å². The van der Waals surface area contributed by atoms with Crippen LogP contribution in [-0.4, -0.2) is 36.1 Å². The molecule has 0 radical (unpaired) electrons. The lowest BCUT2D eigenvalue weighted by Gasteiger charge is -2.31. The van der Waals surface area contributed by atoms with Gasteiger partial charge in [-0.05, 0) is 50.3 Å². The van der Waals surface area contributed by atoms with Gasteiger partial charge in [0.2, 0.25) is 0 Å². The molecule has 1 fully saturated rings. The number of halogens is 1. The molecule has 5 heteroatoms. The van der Waals surface area contributed by atoms with Crippen LogP contribution >= 0.6 is 11.6 Å². The number of hydrogen-bond acceptors (Lipinski definition) is 4. The number of rotatable bonds is 4. The predicted molar refractivity (Wildman–Crippen MR) is 92.5 cm³/mol. The van der Waals surface area contributed by atoms with Crippen molar-refractivity contribution in [2.75, 3.05) is 25.0 Å². The first-order chi connectivity index (χ1) is 11.2. The largest absolute Gasteiger partial charge is 0.361 e. The fraction of sp³-hybridized carbons (Fsp3) is 0.333. The van der Waals surface area contributed by atoms with Gasteiger partial charge in [-0.15, -0.1) is 0 Å². The summed E-state index contributed by atoms with van der Waals surface area (Å²) in [7, 11) is 2.14. The lowest BCUT2D eigenvalue weighted by Crippen LogP contribution is -2.37. The van der Waals surface area contributed by atoms with E-state index in [1.54, 1.807) is 6.07 Å². The van der Waals surface area contributed by atoms with Gasteiger partial charge in [-0.1, -0.05) is 17.7 Å². The van der Waals surface area contributed by atoms with Crippen molar-refractivity contribution in [1.82, 2.24) is 9.88 Å². The van der Waals surface area contributed by atoms with E-state index in [4.69, 9.17) is 16.9 Å². The van der Waals surface area contributed by atoms with Crippen LogP contribution in [-0.2, 0) is 6.54 Å². The third-order valence-electron chi connectivity index (χ3n) is 4.27. The minimum Gasteiger partial charge on any atom is -0.361 e. The van der Waals surface area contributed by atoms with Crippen molar-refractivity contribution in [3.05, 3.63) is 58.9 Å². The van der Waals surface area contributed by atoms with Crippen LogP contribution in [0.15, 0.2) is 42.6 Å². The minimum absolute atomic E-state index is 0.422. The third kappa shape index (κ3) is 3.64. The van der Waals surface area contributed by atoms with E-state index in [0.29, 0.717) is 16.6 Å². The van der Waals surface area contributed by atoms with Crippen LogP contribution in [0.2, 0.25) is 5.02 Å². The van der Waals surface area contributed by atoms with Crippen LogP contribution in [0.4, 0.5) is 5.69 Å². The maximum Gasteiger partial charge on any atom is 0.101 e. The summed E-state index contributed by atoms with van der Waals surface area (Å²) in [5.41, 5.74) is 2.58. The summed E-state index contributed by atoms with van der Waals surface area (Å²) < 4.78 is 0.